The van der Waals surface area contributed by atoms with E-state index < -0.39 is 10.6 Å². The van der Waals surface area contributed by atoms with Crippen molar-refractivity contribution in [1.82, 2.24) is 14.7 Å². The topological polar surface area (TPSA) is 108 Å². The highest BCUT2D eigenvalue weighted by Crippen LogP contribution is 2.59. The highest BCUT2D eigenvalue weighted by Gasteiger charge is 2.37. The first-order valence-electron chi connectivity index (χ1n) is 9.59. The van der Waals surface area contributed by atoms with Crippen molar-refractivity contribution >= 4 is 16.5 Å². The summed E-state index contributed by atoms with van der Waals surface area (Å²) in [6, 6.07) is 13.7. The minimum absolute atomic E-state index is 0.0752. The third-order valence-electron chi connectivity index (χ3n) is 5.40. The molecule has 3 N–H and O–H groups in total. The molecule has 2 aliphatic rings. The molecule has 0 aliphatic carbocycles. The lowest BCUT2D eigenvalue weighted by Crippen LogP contribution is -2.41. The highest BCUT2D eigenvalue weighted by atomic mass is 32.3. The van der Waals surface area contributed by atoms with Gasteiger partial charge in [-0.2, -0.15) is 15.7 Å². The van der Waals surface area contributed by atoms with Crippen LogP contribution in [0.1, 0.15) is 16.1 Å². The third kappa shape index (κ3) is 3.07. The van der Waals surface area contributed by atoms with E-state index in [2.05, 4.69) is 5.10 Å². The zero-order valence-corrected chi connectivity index (χ0v) is 16.9. The molecule has 0 unspecified atom stereocenters. The summed E-state index contributed by atoms with van der Waals surface area (Å²) in [7, 11) is -3.12. The molecule has 0 atom stereocenters. The van der Waals surface area contributed by atoms with Gasteiger partial charge >= 0.3 is 0 Å². The molecule has 3 aromatic rings. The first kappa shape index (κ1) is 19.1. The van der Waals surface area contributed by atoms with Gasteiger partial charge in [-0.25, -0.2) is 4.68 Å². The molecule has 1 saturated heterocycles. The molecule has 0 bridgehead atoms. The predicted octanol–water partition coefficient (Wildman–Crippen LogP) is 3.34. The minimum Gasteiger partial charge on any atom is -0.508 e. The van der Waals surface area contributed by atoms with Crippen molar-refractivity contribution in [1.29, 1.82) is 0 Å². The van der Waals surface area contributed by atoms with Crippen molar-refractivity contribution in [2.24, 2.45) is 0 Å². The van der Waals surface area contributed by atoms with Crippen molar-refractivity contribution in [3.8, 4) is 22.7 Å². The number of fused-ring (bicyclic) bond motifs is 3. The molecule has 1 amide bonds. The van der Waals surface area contributed by atoms with Gasteiger partial charge in [-0.3, -0.25) is 13.9 Å². The zero-order chi connectivity index (χ0) is 20.9. The van der Waals surface area contributed by atoms with Crippen LogP contribution < -0.4 is 0 Å². The van der Waals surface area contributed by atoms with Gasteiger partial charge in [0.05, 0.1) is 35.2 Å². The second kappa shape index (κ2) is 7.13. The summed E-state index contributed by atoms with van der Waals surface area (Å²) in [6.45, 7) is 1.83. The minimum atomic E-state index is -3.12. The van der Waals surface area contributed by atoms with Crippen LogP contribution in [0.2, 0.25) is 0 Å². The first-order valence-corrected chi connectivity index (χ1v) is 11.3. The Kier molecular flexibility index (Phi) is 4.55. The molecule has 2 aromatic carbocycles. The summed E-state index contributed by atoms with van der Waals surface area (Å²) in [5.41, 5.74) is 2.55. The summed E-state index contributed by atoms with van der Waals surface area (Å²) < 4.78 is 28.6. The molecule has 1 aromatic heterocycles. The fraction of sp³-hybridized carbons (Fsp3) is 0.238. The van der Waals surface area contributed by atoms with E-state index in [1.165, 1.54) is 0 Å². The van der Waals surface area contributed by atoms with Crippen molar-refractivity contribution in [3.63, 3.8) is 0 Å². The Labute approximate surface area is 174 Å². The van der Waals surface area contributed by atoms with Crippen molar-refractivity contribution in [2.45, 2.75) is 10.6 Å². The van der Waals surface area contributed by atoms with Gasteiger partial charge in [0.1, 0.15) is 5.75 Å². The van der Waals surface area contributed by atoms with E-state index in [9.17, 15) is 19.0 Å². The first-order chi connectivity index (χ1) is 14.5. The largest absolute Gasteiger partial charge is 0.508 e. The van der Waals surface area contributed by atoms with Gasteiger partial charge in [0.15, 0.2) is 5.69 Å². The molecule has 8 nitrogen and oxygen atoms in total. The van der Waals surface area contributed by atoms with Gasteiger partial charge in [0.2, 0.25) is 0 Å². The zero-order valence-electron chi connectivity index (χ0n) is 16.1. The van der Waals surface area contributed by atoms with Crippen LogP contribution in [-0.4, -0.2) is 61.1 Å². The molecule has 1 fully saturated rings. The number of rotatable bonds is 2. The van der Waals surface area contributed by atoms with Crippen LogP contribution in [0.3, 0.4) is 0 Å². The highest BCUT2D eigenvalue weighted by molar-refractivity contribution is 8.23. The summed E-state index contributed by atoms with van der Waals surface area (Å²) in [5, 5.41) is 14.6. The quantitative estimate of drug-likeness (QED) is 0.579. The van der Waals surface area contributed by atoms with Gasteiger partial charge in [0.25, 0.3) is 5.91 Å². The lowest BCUT2D eigenvalue weighted by atomic mass is 10.0. The van der Waals surface area contributed by atoms with Gasteiger partial charge in [-0.1, -0.05) is 24.3 Å². The number of ether oxygens (including phenoxy) is 1. The van der Waals surface area contributed by atoms with Gasteiger partial charge in [-0.15, -0.1) is 0 Å². The SMILES string of the molecule is O=C(c1nn(-c2cccc(O)c2)c2c1CS(O)(O)c1ccccc1-2)N1CCOCC1. The number of hydrogen-bond acceptors (Lipinski definition) is 6. The number of phenolic OH excluding ortho intramolecular Hbond substituents is 1. The number of carbonyl (C=O) groups is 1. The standard InChI is InChI=1S/C21H21N3O5S/c25-15-5-3-4-14(12-15)24-20-16-6-1-2-7-18(16)30(27,28)13-17(20)19(22-24)21(26)23-8-10-29-11-9-23/h1-7,12,25,27-28H,8-11,13H2. The maximum atomic E-state index is 13.3. The third-order valence-corrected chi connectivity index (χ3v) is 7.15. The number of phenols is 1. The van der Waals surface area contributed by atoms with Crippen LogP contribution in [0.15, 0.2) is 53.4 Å². The molecular weight excluding hydrogens is 406 g/mol. The number of aromatic hydroxyl groups is 1. The molecule has 30 heavy (non-hydrogen) atoms. The van der Waals surface area contributed by atoms with E-state index in [1.54, 1.807) is 52.0 Å². The van der Waals surface area contributed by atoms with Gasteiger partial charge in [0, 0.05) is 30.3 Å². The van der Waals surface area contributed by atoms with Crippen LogP contribution in [0.5, 0.6) is 5.75 Å². The maximum Gasteiger partial charge on any atom is 0.274 e. The Bertz CT molecular complexity index is 1140. The smallest absolute Gasteiger partial charge is 0.274 e. The van der Waals surface area contributed by atoms with E-state index >= 15 is 0 Å². The summed E-state index contributed by atoms with van der Waals surface area (Å²) in [6.07, 6.45) is 0. The number of carbonyl (C=O) groups excluding carboxylic acids is 1. The predicted molar refractivity (Wildman–Crippen MR) is 112 cm³/mol. The van der Waals surface area contributed by atoms with Crippen LogP contribution in [0.25, 0.3) is 16.9 Å². The lowest BCUT2D eigenvalue weighted by molar-refractivity contribution is 0.0298. The van der Waals surface area contributed by atoms with Crippen LogP contribution >= 0.6 is 10.6 Å². The number of amides is 1. The number of morpholine rings is 1. The fourth-order valence-corrected chi connectivity index (χ4v) is 5.63. The van der Waals surface area contributed by atoms with Crippen molar-refractivity contribution in [3.05, 3.63) is 59.8 Å². The van der Waals surface area contributed by atoms with E-state index in [1.807, 2.05) is 6.07 Å². The van der Waals surface area contributed by atoms with E-state index in [0.29, 0.717) is 53.7 Å². The monoisotopic (exact) mass is 427 g/mol. The molecular formula is C21H21N3O5S. The molecule has 9 heteroatoms. The average Bonchev–Trinajstić information content (AvgIpc) is 3.12. The lowest BCUT2D eigenvalue weighted by Gasteiger charge is -2.38. The molecule has 156 valence electrons. The van der Waals surface area contributed by atoms with Crippen LogP contribution in [0.4, 0.5) is 0 Å². The molecule has 0 saturated carbocycles. The summed E-state index contributed by atoms with van der Waals surface area (Å²) in [5.74, 6) is -0.266. The molecule has 0 radical (unpaired) electrons. The van der Waals surface area contributed by atoms with E-state index in [0.717, 1.165) is 0 Å². The molecule has 3 heterocycles. The summed E-state index contributed by atoms with van der Waals surface area (Å²) in [4.78, 5) is 15.4. The molecule has 5 rings (SSSR count). The Hall–Kier alpha value is -2.85. The normalized spacial score (nSPS) is 18.4. The second-order valence-corrected chi connectivity index (χ2v) is 9.38. The molecule has 2 aliphatic heterocycles. The van der Waals surface area contributed by atoms with Crippen molar-refractivity contribution in [2.75, 3.05) is 26.3 Å². The van der Waals surface area contributed by atoms with E-state index in [4.69, 9.17) is 4.74 Å². The number of benzene rings is 2. The summed E-state index contributed by atoms with van der Waals surface area (Å²) >= 11 is 0. The van der Waals surface area contributed by atoms with Gasteiger partial charge < -0.3 is 14.7 Å². The Morgan fingerprint density at radius 1 is 1.07 bits per heavy atom. The van der Waals surface area contributed by atoms with Gasteiger partial charge in [-0.05, 0) is 18.2 Å². The Morgan fingerprint density at radius 3 is 2.60 bits per heavy atom. The van der Waals surface area contributed by atoms with Crippen molar-refractivity contribution < 1.29 is 23.7 Å². The Morgan fingerprint density at radius 2 is 1.83 bits per heavy atom. The Balaban J connectivity index is 1.74. The van der Waals surface area contributed by atoms with E-state index in [-0.39, 0.29) is 23.1 Å². The molecule has 0 spiro atoms. The second-order valence-electron chi connectivity index (χ2n) is 7.32. The number of nitrogens with zero attached hydrogens (tertiary/aromatic N) is 3. The number of aromatic nitrogens is 2. The maximum absolute atomic E-state index is 13.3. The number of hydrogen-bond donors (Lipinski definition) is 3. The average molecular weight is 427 g/mol. The fourth-order valence-electron chi connectivity index (χ4n) is 3.99. The van der Waals surface area contributed by atoms with Crippen LogP contribution in [0, 0.1) is 0 Å². The van der Waals surface area contributed by atoms with Crippen LogP contribution in [-0.2, 0) is 10.5 Å².